The number of nitrogens with one attached hydrogen (secondary N) is 1. The summed E-state index contributed by atoms with van der Waals surface area (Å²) < 4.78 is 15.9. The fourth-order valence-electron chi connectivity index (χ4n) is 2.53. The van der Waals surface area contributed by atoms with Gasteiger partial charge in [-0.2, -0.15) is 0 Å². The van der Waals surface area contributed by atoms with Crippen LogP contribution in [0.2, 0.25) is 0 Å². The van der Waals surface area contributed by atoms with E-state index in [0.717, 1.165) is 32.8 Å². The Bertz CT molecular complexity index is 400. The summed E-state index contributed by atoms with van der Waals surface area (Å²) in [6.45, 7) is 6.43. The Morgan fingerprint density at radius 2 is 1.76 bits per heavy atom. The number of methoxy groups -OCH3 is 2. The van der Waals surface area contributed by atoms with Crippen LogP contribution in [0.4, 0.5) is 5.69 Å². The van der Waals surface area contributed by atoms with Gasteiger partial charge in [-0.3, -0.25) is 0 Å². The van der Waals surface area contributed by atoms with Crippen LogP contribution in [0.15, 0.2) is 24.3 Å². The first kappa shape index (κ1) is 16.2. The third-order valence-electron chi connectivity index (χ3n) is 3.81. The second kappa shape index (κ2) is 8.34. The first-order valence-corrected chi connectivity index (χ1v) is 7.45. The average molecular weight is 294 g/mol. The number of hydrogen-bond acceptors (Lipinski definition) is 5. The molecule has 0 amide bonds. The molecule has 21 heavy (non-hydrogen) atoms. The van der Waals surface area contributed by atoms with Gasteiger partial charge in [0.2, 0.25) is 0 Å². The minimum atomic E-state index is -0.224. The maximum atomic E-state index is 5.38. The monoisotopic (exact) mass is 294 g/mol. The first-order valence-electron chi connectivity index (χ1n) is 7.45. The van der Waals surface area contributed by atoms with E-state index in [1.807, 2.05) is 0 Å². The first-order chi connectivity index (χ1) is 10.2. The summed E-state index contributed by atoms with van der Waals surface area (Å²) in [5.74, 6) is 0. The molecule has 0 aliphatic carbocycles. The highest BCUT2D eigenvalue weighted by Crippen LogP contribution is 2.16. The van der Waals surface area contributed by atoms with E-state index < -0.39 is 0 Å². The average Bonchev–Trinajstić information content (AvgIpc) is 2.55. The highest BCUT2D eigenvalue weighted by atomic mass is 16.7. The molecule has 1 aliphatic rings. The highest BCUT2D eigenvalue weighted by molar-refractivity contribution is 5.47. The van der Waals surface area contributed by atoms with Crippen molar-refractivity contribution >= 4 is 5.69 Å². The zero-order valence-electron chi connectivity index (χ0n) is 13.2. The minimum Gasteiger partial charge on any atom is -0.378 e. The number of nitrogens with zero attached hydrogens (tertiary/aromatic N) is 1. The van der Waals surface area contributed by atoms with E-state index in [1.54, 1.807) is 14.2 Å². The molecule has 1 aliphatic heterocycles. The van der Waals surface area contributed by atoms with E-state index in [4.69, 9.17) is 14.2 Å². The van der Waals surface area contributed by atoms with Crippen molar-refractivity contribution in [1.29, 1.82) is 0 Å². The molecule has 1 fully saturated rings. The molecule has 1 aromatic carbocycles. The van der Waals surface area contributed by atoms with Gasteiger partial charge >= 0.3 is 0 Å². The third kappa shape index (κ3) is 4.68. The van der Waals surface area contributed by atoms with Crippen molar-refractivity contribution in [3.63, 3.8) is 0 Å². The Hall–Kier alpha value is -1.14. The number of hydrogen-bond donors (Lipinski definition) is 1. The molecule has 1 unspecified atom stereocenters. The van der Waals surface area contributed by atoms with Gasteiger partial charge < -0.3 is 24.4 Å². The third-order valence-corrected chi connectivity index (χ3v) is 3.81. The summed E-state index contributed by atoms with van der Waals surface area (Å²) in [6, 6.07) is 8.82. The summed E-state index contributed by atoms with van der Waals surface area (Å²) in [5.41, 5.74) is 2.52. The topological polar surface area (TPSA) is 43.0 Å². The molecule has 5 nitrogen and oxygen atoms in total. The Kier molecular flexibility index (Phi) is 6.45. The molecule has 2 rings (SSSR count). The number of rotatable bonds is 7. The molecular weight excluding hydrogens is 268 g/mol. The molecule has 0 spiro atoms. The Morgan fingerprint density at radius 1 is 1.14 bits per heavy atom. The lowest BCUT2D eigenvalue weighted by atomic mass is 10.1. The Labute approximate surface area is 127 Å². The summed E-state index contributed by atoms with van der Waals surface area (Å²) in [6.07, 6.45) is -0.224. The van der Waals surface area contributed by atoms with Gasteiger partial charge in [0, 0.05) is 39.5 Å². The van der Waals surface area contributed by atoms with Crippen molar-refractivity contribution in [2.45, 2.75) is 25.8 Å². The normalized spacial score (nSPS) is 17.2. The zero-order valence-corrected chi connectivity index (χ0v) is 13.2. The number of morpholine rings is 1. The van der Waals surface area contributed by atoms with Crippen molar-refractivity contribution in [3.8, 4) is 0 Å². The second-order valence-corrected chi connectivity index (χ2v) is 5.28. The molecule has 1 heterocycles. The lowest BCUT2D eigenvalue weighted by Crippen LogP contribution is -2.39. The molecule has 1 aromatic rings. The van der Waals surface area contributed by atoms with Gasteiger partial charge in [-0.1, -0.05) is 12.1 Å². The summed E-state index contributed by atoms with van der Waals surface area (Å²) >= 11 is 0. The van der Waals surface area contributed by atoms with Gasteiger partial charge in [0.05, 0.1) is 19.3 Å². The minimum absolute atomic E-state index is 0.138. The van der Waals surface area contributed by atoms with Crippen molar-refractivity contribution in [3.05, 3.63) is 29.8 Å². The maximum Gasteiger partial charge on any atom is 0.171 e. The molecule has 0 saturated carbocycles. The smallest absolute Gasteiger partial charge is 0.171 e. The molecule has 1 atom stereocenters. The van der Waals surface area contributed by atoms with Crippen molar-refractivity contribution in [2.24, 2.45) is 0 Å². The van der Waals surface area contributed by atoms with E-state index in [-0.39, 0.29) is 12.3 Å². The van der Waals surface area contributed by atoms with Crippen LogP contribution in [-0.2, 0) is 20.8 Å². The van der Waals surface area contributed by atoms with Crippen molar-refractivity contribution < 1.29 is 14.2 Å². The van der Waals surface area contributed by atoms with Crippen LogP contribution in [0.1, 0.15) is 12.5 Å². The van der Waals surface area contributed by atoms with Gasteiger partial charge in [-0.05, 0) is 24.6 Å². The summed E-state index contributed by atoms with van der Waals surface area (Å²) in [7, 11) is 3.31. The predicted molar refractivity (Wildman–Crippen MR) is 83.6 cm³/mol. The fourth-order valence-corrected chi connectivity index (χ4v) is 2.53. The number of ether oxygens (including phenoxy) is 3. The lowest BCUT2D eigenvalue weighted by molar-refractivity contribution is -0.119. The van der Waals surface area contributed by atoms with Crippen LogP contribution in [0.25, 0.3) is 0 Å². The van der Waals surface area contributed by atoms with E-state index in [9.17, 15) is 0 Å². The van der Waals surface area contributed by atoms with Crippen LogP contribution in [0, 0.1) is 0 Å². The Morgan fingerprint density at radius 3 is 2.33 bits per heavy atom. The van der Waals surface area contributed by atoms with E-state index in [0.29, 0.717) is 0 Å². The molecule has 1 N–H and O–H groups in total. The van der Waals surface area contributed by atoms with Gasteiger partial charge in [-0.25, -0.2) is 0 Å². The van der Waals surface area contributed by atoms with Crippen LogP contribution in [0.3, 0.4) is 0 Å². The molecule has 0 radical (unpaired) electrons. The van der Waals surface area contributed by atoms with Crippen LogP contribution < -0.4 is 10.2 Å². The maximum absolute atomic E-state index is 5.38. The highest BCUT2D eigenvalue weighted by Gasteiger charge is 2.15. The predicted octanol–water partition coefficient (Wildman–Crippen LogP) is 1.62. The van der Waals surface area contributed by atoms with Gasteiger partial charge in [-0.15, -0.1) is 0 Å². The largest absolute Gasteiger partial charge is 0.378 e. The van der Waals surface area contributed by atoms with E-state index in [1.165, 1.54) is 11.3 Å². The summed E-state index contributed by atoms with van der Waals surface area (Å²) in [4.78, 5) is 2.36. The summed E-state index contributed by atoms with van der Waals surface area (Å²) in [5, 5.41) is 3.42. The van der Waals surface area contributed by atoms with Gasteiger partial charge in [0.15, 0.2) is 6.29 Å². The standard InChI is InChI=1S/C16H26N2O3/c1-13(16(19-2)20-3)17-12-14-4-6-15(7-5-14)18-8-10-21-11-9-18/h4-7,13,16-17H,8-12H2,1-3H3. The molecule has 5 heteroatoms. The van der Waals surface area contributed by atoms with Gasteiger partial charge in [0.1, 0.15) is 0 Å². The van der Waals surface area contributed by atoms with Crippen LogP contribution in [-0.4, -0.2) is 52.9 Å². The van der Waals surface area contributed by atoms with Crippen LogP contribution in [0.5, 0.6) is 0 Å². The SMILES string of the molecule is COC(OC)C(C)NCc1ccc(N2CCOCC2)cc1. The fraction of sp³-hybridized carbons (Fsp3) is 0.625. The molecule has 0 bridgehead atoms. The Balaban J connectivity index is 1.84. The van der Waals surface area contributed by atoms with Crippen molar-refractivity contribution in [2.75, 3.05) is 45.4 Å². The second-order valence-electron chi connectivity index (χ2n) is 5.28. The number of benzene rings is 1. The molecule has 0 aromatic heterocycles. The van der Waals surface area contributed by atoms with E-state index in [2.05, 4.69) is 41.4 Å². The lowest BCUT2D eigenvalue weighted by Gasteiger charge is -2.29. The zero-order chi connectivity index (χ0) is 15.1. The van der Waals surface area contributed by atoms with Crippen molar-refractivity contribution in [1.82, 2.24) is 5.32 Å². The molecule has 118 valence electrons. The molecule has 1 saturated heterocycles. The quantitative estimate of drug-likeness (QED) is 0.774. The van der Waals surface area contributed by atoms with E-state index >= 15 is 0 Å². The van der Waals surface area contributed by atoms with Crippen LogP contribution >= 0.6 is 0 Å². The number of anilines is 1. The van der Waals surface area contributed by atoms with Gasteiger partial charge in [0.25, 0.3) is 0 Å². The molecular formula is C16H26N2O3.